The van der Waals surface area contributed by atoms with Gasteiger partial charge in [-0.25, -0.2) is 8.42 Å². The Labute approximate surface area is 180 Å². The molecule has 2 unspecified atom stereocenters. The summed E-state index contributed by atoms with van der Waals surface area (Å²) in [4.78, 5) is 13.1. The summed E-state index contributed by atoms with van der Waals surface area (Å²) in [6.45, 7) is 10.1. The highest BCUT2D eigenvalue weighted by atomic mass is 32.2. The number of hydrogen-bond acceptors (Lipinski definition) is 4. The van der Waals surface area contributed by atoms with Gasteiger partial charge < -0.3 is 10.1 Å². The third kappa shape index (κ3) is 5.75. The maximum absolute atomic E-state index is 13.1. The summed E-state index contributed by atoms with van der Waals surface area (Å²) in [7, 11) is -3.66. The minimum absolute atomic E-state index is 0.275. The molecule has 2 atom stereocenters. The van der Waals surface area contributed by atoms with Crippen molar-refractivity contribution < 1.29 is 17.9 Å². The van der Waals surface area contributed by atoms with Crippen LogP contribution in [0.3, 0.4) is 0 Å². The first kappa shape index (κ1) is 23.7. The van der Waals surface area contributed by atoms with Crippen LogP contribution in [0, 0.1) is 13.8 Å². The van der Waals surface area contributed by atoms with E-state index in [0.29, 0.717) is 18.7 Å². The van der Waals surface area contributed by atoms with Crippen molar-refractivity contribution in [2.24, 2.45) is 0 Å². The van der Waals surface area contributed by atoms with Gasteiger partial charge >= 0.3 is 0 Å². The third-order valence-corrected chi connectivity index (χ3v) is 6.30. The van der Waals surface area contributed by atoms with Crippen molar-refractivity contribution in [2.45, 2.75) is 53.1 Å². The number of sulfonamides is 1. The average molecular weight is 433 g/mol. The molecule has 0 spiro atoms. The van der Waals surface area contributed by atoms with Crippen LogP contribution < -0.4 is 14.4 Å². The zero-order valence-electron chi connectivity index (χ0n) is 18.6. The molecule has 0 bridgehead atoms. The Morgan fingerprint density at radius 2 is 1.70 bits per heavy atom. The number of nitrogens with zero attached hydrogens (tertiary/aromatic N) is 1. The number of hydrogen-bond donors (Lipinski definition) is 1. The van der Waals surface area contributed by atoms with Crippen molar-refractivity contribution in [1.82, 2.24) is 5.32 Å². The second-order valence-corrected chi connectivity index (χ2v) is 9.34. The van der Waals surface area contributed by atoms with Gasteiger partial charge in [-0.3, -0.25) is 9.10 Å². The second kappa shape index (κ2) is 9.98. The van der Waals surface area contributed by atoms with Crippen molar-refractivity contribution in [3.63, 3.8) is 0 Å². The van der Waals surface area contributed by atoms with E-state index in [9.17, 15) is 13.2 Å². The normalized spacial score (nSPS) is 13.4. The summed E-state index contributed by atoms with van der Waals surface area (Å²) in [5, 5.41) is 2.96. The van der Waals surface area contributed by atoms with E-state index in [0.717, 1.165) is 28.7 Å². The molecule has 2 aromatic rings. The number of ether oxygens (including phenoxy) is 1. The highest BCUT2D eigenvalue weighted by Gasteiger charge is 2.32. The van der Waals surface area contributed by atoms with E-state index >= 15 is 0 Å². The number of benzene rings is 2. The van der Waals surface area contributed by atoms with Gasteiger partial charge in [-0.15, -0.1) is 0 Å². The molecule has 0 aliphatic carbocycles. The molecule has 2 aromatic carbocycles. The number of anilines is 1. The van der Waals surface area contributed by atoms with E-state index in [2.05, 4.69) is 5.32 Å². The Bertz CT molecular complexity index is 971. The quantitative estimate of drug-likeness (QED) is 0.647. The standard InChI is InChI=1S/C23H32N2O4S/c1-7-22(25(30(6,27)28)20-12-9-16(3)17(4)15-20)23(26)24-18(5)19-10-13-21(14-11-19)29-8-2/h9-15,18,22H,7-8H2,1-6H3,(H,24,26). The molecule has 0 aliphatic rings. The van der Waals surface area contributed by atoms with Crippen LogP contribution in [0.25, 0.3) is 0 Å². The summed E-state index contributed by atoms with van der Waals surface area (Å²) in [5.41, 5.74) is 3.45. The summed E-state index contributed by atoms with van der Waals surface area (Å²) in [6, 6.07) is 11.8. The molecular formula is C23H32N2O4S. The molecule has 164 valence electrons. The lowest BCUT2D eigenvalue weighted by Crippen LogP contribution is -2.49. The number of nitrogens with one attached hydrogen (secondary N) is 1. The van der Waals surface area contributed by atoms with Crippen LogP contribution >= 0.6 is 0 Å². The summed E-state index contributed by atoms with van der Waals surface area (Å²) in [5.74, 6) is 0.437. The van der Waals surface area contributed by atoms with Gasteiger partial charge in [-0.1, -0.05) is 25.1 Å². The SMILES string of the molecule is CCOc1ccc(C(C)NC(=O)C(CC)N(c2ccc(C)c(C)c2)S(C)(=O)=O)cc1. The highest BCUT2D eigenvalue weighted by Crippen LogP contribution is 2.26. The van der Waals surface area contributed by atoms with Crippen LogP contribution in [-0.2, 0) is 14.8 Å². The van der Waals surface area contributed by atoms with Crippen LogP contribution in [0.1, 0.15) is 49.9 Å². The lowest BCUT2D eigenvalue weighted by molar-refractivity contribution is -0.122. The van der Waals surface area contributed by atoms with E-state index in [1.807, 2.05) is 71.0 Å². The first-order chi connectivity index (χ1) is 14.1. The van der Waals surface area contributed by atoms with Crippen molar-refractivity contribution in [3.8, 4) is 5.75 Å². The van der Waals surface area contributed by atoms with Gasteiger partial charge in [0, 0.05) is 0 Å². The van der Waals surface area contributed by atoms with Gasteiger partial charge in [-0.2, -0.15) is 0 Å². The Balaban J connectivity index is 2.27. The van der Waals surface area contributed by atoms with Crippen molar-refractivity contribution in [2.75, 3.05) is 17.2 Å². The number of carbonyl (C=O) groups is 1. The fourth-order valence-corrected chi connectivity index (χ4v) is 4.54. The molecule has 0 radical (unpaired) electrons. The molecule has 1 N–H and O–H groups in total. The van der Waals surface area contributed by atoms with Gasteiger partial charge in [0.1, 0.15) is 11.8 Å². The van der Waals surface area contributed by atoms with Gasteiger partial charge in [-0.05, 0) is 75.1 Å². The smallest absolute Gasteiger partial charge is 0.244 e. The van der Waals surface area contributed by atoms with Gasteiger partial charge in [0.15, 0.2) is 0 Å². The molecule has 0 aromatic heterocycles. The molecule has 7 heteroatoms. The summed E-state index contributed by atoms with van der Waals surface area (Å²) < 4.78 is 31.9. The van der Waals surface area contributed by atoms with Crippen LogP contribution in [0.4, 0.5) is 5.69 Å². The molecule has 2 rings (SSSR count). The monoisotopic (exact) mass is 432 g/mol. The molecule has 0 saturated heterocycles. The fourth-order valence-electron chi connectivity index (χ4n) is 3.34. The first-order valence-electron chi connectivity index (χ1n) is 10.2. The zero-order chi connectivity index (χ0) is 22.5. The Kier molecular flexibility index (Phi) is 7.89. The Hall–Kier alpha value is -2.54. The number of amides is 1. The minimum Gasteiger partial charge on any atom is -0.494 e. The summed E-state index contributed by atoms with van der Waals surface area (Å²) >= 11 is 0. The van der Waals surface area contributed by atoms with Crippen molar-refractivity contribution in [3.05, 3.63) is 59.2 Å². The van der Waals surface area contributed by atoms with Crippen molar-refractivity contribution in [1.29, 1.82) is 0 Å². The number of carbonyl (C=O) groups excluding carboxylic acids is 1. The number of aryl methyl sites for hydroxylation is 2. The van der Waals surface area contributed by atoms with Crippen LogP contribution in [-0.4, -0.2) is 33.2 Å². The zero-order valence-corrected chi connectivity index (χ0v) is 19.4. The van der Waals surface area contributed by atoms with E-state index in [-0.39, 0.29) is 11.9 Å². The molecule has 6 nitrogen and oxygen atoms in total. The molecule has 0 heterocycles. The molecule has 0 saturated carbocycles. The Morgan fingerprint density at radius 1 is 1.07 bits per heavy atom. The predicted octanol–water partition coefficient (Wildman–Crippen LogP) is 4.12. The molecular weight excluding hydrogens is 400 g/mol. The minimum atomic E-state index is -3.66. The molecule has 0 aliphatic heterocycles. The van der Waals surface area contributed by atoms with Gasteiger partial charge in [0.25, 0.3) is 0 Å². The predicted molar refractivity (Wildman–Crippen MR) is 121 cm³/mol. The van der Waals surface area contributed by atoms with Gasteiger partial charge in [0.2, 0.25) is 15.9 Å². The second-order valence-electron chi connectivity index (χ2n) is 7.48. The number of rotatable bonds is 9. The first-order valence-corrected chi connectivity index (χ1v) is 12.0. The lowest BCUT2D eigenvalue weighted by Gasteiger charge is -2.31. The van der Waals surface area contributed by atoms with E-state index in [1.54, 1.807) is 6.07 Å². The maximum atomic E-state index is 13.1. The van der Waals surface area contributed by atoms with E-state index in [1.165, 1.54) is 4.31 Å². The maximum Gasteiger partial charge on any atom is 0.244 e. The topological polar surface area (TPSA) is 75.7 Å². The average Bonchev–Trinajstić information content (AvgIpc) is 2.68. The Morgan fingerprint density at radius 3 is 2.20 bits per heavy atom. The van der Waals surface area contributed by atoms with E-state index < -0.39 is 16.1 Å². The van der Waals surface area contributed by atoms with Gasteiger partial charge in [0.05, 0.1) is 24.6 Å². The fraction of sp³-hybridized carbons (Fsp3) is 0.435. The van der Waals surface area contributed by atoms with Crippen LogP contribution in [0.5, 0.6) is 5.75 Å². The highest BCUT2D eigenvalue weighted by molar-refractivity contribution is 7.92. The molecule has 1 amide bonds. The third-order valence-electron chi connectivity index (χ3n) is 5.12. The molecule has 0 fully saturated rings. The van der Waals surface area contributed by atoms with Crippen molar-refractivity contribution >= 4 is 21.6 Å². The van der Waals surface area contributed by atoms with Crippen LogP contribution in [0.2, 0.25) is 0 Å². The lowest BCUT2D eigenvalue weighted by atomic mass is 10.1. The molecule has 30 heavy (non-hydrogen) atoms. The largest absolute Gasteiger partial charge is 0.494 e. The summed E-state index contributed by atoms with van der Waals surface area (Å²) in [6.07, 6.45) is 1.48. The van der Waals surface area contributed by atoms with Crippen LogP contribution in [0.15, 0.2) is 42.5 Å². The van der Waals surface area contributed by atoms with E-state index in [4.69, 9.17) is 4.74 Å².